The first kappa shape index (κ1) is 22.5. The van der Waals surface area contributed by atoms with Gasteiger partial charge in [-0.1, -0.05) is 30.3 Å². The van der Waals surface area contributed by atoms with Crippen LogP contribution in [0.2, 0.25) is 0 Å². The molecule has 170 valence electrons. The maximum Gasteiger partial charge on any atom is 0.299 e. The standard InChI is InChI=1S/C26H22N4O4/c1-29(2)21-14-10-19(11-15-21)24(32)27-20-12-8-18(9-13-20)16-23-25(34-17-31)28-30(26(23)33)22-6-4-3-5-7-22/h3-17H,1-2H3,(H,27,32)/b23-16-. The zero-order chi connectivity index (χ0) is 24.1. The maximum absolute atomic E-state index is 12.9. The summed E-state index contributed by atoms with van der Waals surface area (Å²) >= 11 is 0. The molecule has 8 nitrogen and oxygen atoms in total. The number of nitrogens with one attached hydrogen (secondary N) is 1. The fraction of sp³-hybridized carbons (Fsp3) is 0.0769. The largest absolute Gasteiger partial charge is 0.407 e. The van der Waals surface area contributed by atoms with Crippen LogP contribution in [0.1, 0.15) is 15.9 Å². The number of hydrogen-bond acceptors (Lipinski definition) is 6. The lowest BCUT2D eigenvalue weighted by molar-refractivity contribution is -0.121. The fourth-order valence-corrected chi connectivity index (χ4v) is 3.34. The fourth-order valence-electron chi connectivity index (χ4n) is 3.34. The van der Waals surface area contributed by atoms with Gasteiger partial charge in [0.25, 0.3) is 24.2 Å². The van der Waals surface area contributed by atoms with E-state index in [4.69, 9.17) is 4.74 Å². The van der Waals surface area contributed by atoms with Gasteiger partial charge in [0.05, 0.1) is 5.69 Å². The summed E-state index contributed by atoms with van der Waals surface area (Å²) in [5.41, 5.74) is 3.52. The molecule has 0 atom stereocenters. The molecule has 0 aliphatic carbocycles. The van der Waals surface area contributed by atoms with E-state index in [0.29, 0.717) is 22.5 Å². The van der Waals surface area contributed by atoms with Crippen molar-refractivity contribution in [2.24, 2.45) is 5.10 Å². The Morgan fingerprint density at radius 1 is 0.971 bits per heavy atom. The molecule has 4 rings (SSSR count). The predicted octanol–water partition coefficient (Wildman–Crippen LogP) is 3.92. The number of carbonyl (C=O) groups is 3. The highest BCUT2D eigenvalue weighted by Crippen LogP contribution is 2.25. The molecular weight excluding hydrogens is 432 g/mol. The minimum Gasteiger partial charge on any atom is -0.407 e. The van der Waals surface area contributed by atoms with Crippen LogP contribution in [0, 0.1) is 0 Å². The van der Waals surface area contributed by atoms with Crippen molar-refractivity contribution in [3.05, 3.63) is 95.6 Å². The van der Waals surface area contributed by atoms with Crippen molar-refractivity contribution in [2.45, 2.75) is 0 Å². The number of rotatable bonds is 6. The number of para-hydroxylation sites is 1. The molecule has 8 heteroatoms. The summed E-state index contributed by atoms with van der Waals surface area (Å²) in [7, 11) is 3.87. The Labute approximate surface area is 196 Å². The van der Waals surface area contributed by atoms with E-state index in [1.165, 1.54) is 5.01 Å². The van der Waals surface area contributed by atoms with Crippen LogP contribution in [0.25, 0.3) is 6.08 Å². The molecule has 0 aromatic heterocycles. The van der Waals surface area contributed by atoms with Crippen molar-refractivity contribution in [1.82, 2.24) is 0 Å². The zero-order valence-corrected chi connectivity index (χ0v) is 18.6. The third-order valence-electron chi connectivity index (χ3n) is 5.13. The van der Waals surface area contributed by atoms with Gasteiger partial charge in [-0.3, -0.25) is 14.4 Å². The average molecular weight is 454 g/mol. The molecule has 0 bridgehead atoms. The van der Waals surface area contributed by atoms with Crippen LogP contribution in [0.5, 0.6) is 0 Å². The SMILES string of the molecule is CN(C)c1ccc(C(=O)Nc2ccc(/C=C3\C(=O)N(c4ccccc4)N=C3OC=O)cc2)cc1. The van der Waals surface area contributed by atoms with E-state index < -0.39 is 5.91 Å². The molecule has 3 aromatic rings. The van der Waals surface area contributed by atoms with E-state index in [0.717, 1.165) is 5.69 Å². The first-order chi connectivity index (χ1) is 16.5. The van der Waals surface area contributed by atoms with Crippen LogP contribution in [0.15, 0.2) is 89.5 Å². The van der Waals surface area contributed by atoms with Crippen molar-refractivity contribution in [1.29, 1.82) is 0 Å². The van der Waals surface area contributed by atoms with Crippen molar-refractivity contribution in [3.63, 3.8) is 0 Å². The maximum atomic E-state index is 12.9. The molecular formula is C26H22N4O4. The Morgan fingerprint density at radius 2 is 1.65 bits per heavy atom. The van der Waals surface area contributed by atoms with Crippen LogP contribution in [-0.2, 0) is 14.3 Å². The Hall–Kier alpha value is -4.72. The number of carbonyl (C=O) groups excluding carboxylic acids is 3. The molecule has 2 amide bonds. The molecule has 0 unspecified atom stereocenters. The van der Waals surface area contributed by atoms with Gasteiger partial charge in [-0.15, -0.1) is 5.10 Å². The second kappa shape index (κ2) is 9.83. The van der Waals surface area contributed by atoms with Crippen molar-refractivity contribution in [3.8, 4) is 0 Å². The van der Waals surface area contributed by atoms with Gasteiger partial charge in [0.2, 0.25) is 0 Å². The van der Waals surface area contributed by atoms with Gasteiger partial charge < -0.3 is 15.0 Å². The Kier molecular flexibility index (Phi) is 6.49. The highest BCUT2D eigenvalue weighted by atomic mass is 16.5. The molecule has 1 heterocycles. The summed E-state index contributed by atoms with van der Waals surface area (Å²) in [4.78, 5) is 38.3. The lowest BCUT2D eigenvalue weighted by Crippen LogP contribution is -2.21. The molecule has 1 aliphatic rings. The van der Waals surface area contributed by atoms with E-state index in [1.807, 2.05) is 37.2 Å². The van der Waals surface area contributed by atoms with Crippen LogP contribution in [0.4, 0.5) is 17.1 Å². The second-order valence-corrected chi connectivity index (χ2v) is 7.65. The van der Waals surface area contributed by atoms with Crippen LogP contribution in [-0.4, -0.2) is 38.3 Å². The molecule has 0 fully saturated rings. The van der Waals surface area contributed by atoms with Crippen LogP contribution >= 0.6 is 0 Å². The van der Waals surface area contributed by atoms with Crippen molar-refractivity contribution < 1.29 is 19.1 Å². The van der Waals surface area contributed by atoms with Crippen LogP contribution in [0.3, 0.4) is 0 Å². The smallest absolute Gasteiger partial charge is 0.299 e. The van der Waals surface area contributed by atoms with Gasteiger partial charge in [0.15, 0.2) is 0 Å². The third-order valence-corrected chi connectivity index (χ3v) is 5.13. The number of benzene rings is 3. The van der Waals surface area contributed by atoms with Gasteiger partial charge in [-0.25, -0.2) is 0 Å². The van der Waals surface area contributed by atoms with E-state index in [2.05, 4.69) is 10.4 Å². The highest BCUT2D eigenvalue weighted by molar-refractivity contribution is 6.31. The zero-order valence-electron chi connectivity index (χ0n) is 18.6. The first-order valence-electron chi connectivity index (χ1n) is 10.5. The minimum absolute atomic E-state index is 0.0811. The van der Waals surface area contributed by atoms with E-state index in [-0.39, 0.29) is 23.9 Å². The first-order valence-corrected chi connectivity index (χ1v) is 10.5. The van der Waals surface area contributed by atoms with Gasteiger partial charge in [0, 0.05) is 31.0 Å². The van der Waals surface area contributed by atoms with Gasteiger partial charge >= 0.3 is 0 Å². The number of ether oxygens (including phenoxy) is 1. The van der Waals surface area contributed by atoms with Gasteiger partial charge in [-0.05, 0) is 60.2 Å². The van der Waals surface area contributed by atoms with E-state index >= 15 is 0 Å². The Morgan fingerprint density at radius 3 is 2.26 bits per heavy atom. The molecule has 0 saturated carbocycles. The summed E-state index contributed by atoms with van der Waals surface area (Å²) < 4.78 is 4.94. The molecule has 0 radical (unpaired) electrons. The summed E-state index contributed by atoms with van der Waals surface area (Å²) in [6.07, 6.45) is 1.58. The number of amides is 2. The summed E-state index contributed by atoms with van der Waals surface area (Å²) in [5.74, 6) is -0.723. The molecule has 1 aliphatic heterocycles. The summed E-state index contributed by atoms with van der Waals surface area (Å²) in [5, 5.41) is 8.17. The van der Waals surface area contributed by atoms with E-state index in [1.54, 1.807) is 66.7 Å². The normalized spacial score (nSPS) is 14.1. The summed E-state index contributed by atoms with van der Waals surface area (Å²) in [6, 6.07) is 23.1. The molecule has 0 saturated heterocycles. The Balaban J connectivity index is 1.50. The Bertz CT molecular complexity index is 1260. The third kappa shape index (κ3) is 4.86. The number of nitrogens with zero attached hydrogens (tertiary/aromatic N) is 3. The lowest BCUT2D eigenvalue weighted by Gasteiger charge is -2.12. The average Bonchev–Trinajstić information content (AvgIpc) is 3.16. The minimum atomic E-state index is -0.415. The second-order valence-electron chi connectivity index (χ2n) is 7.65. The number of anilines is 3. The van der Waals surface area contributed by atoms with Crippen molar-refractivity contribution >= 4 is 47.3 Å². The molecule has 0 spiro atoms. The van der Waals surface area contributed by atoms with Crippen LogP contribution < -0.4 is 15.2 Å². The molecule has 34 heavy (non-hydrogen) atoms. The number of hydrazone groups is 1. The number of hydrogen-bond donors (Lipinski definition) is 1. The lowest BCUT2D eigenvalue weighted by atomic mass is 10.1. The predicted molar refractivity (Wildman–Crippen MR) is 132 cm³/mol. The highest BCUT2D eigenvalue weighted by Gasteiger charge is 2.32. The summed E-state index contributed by atoms with van der Waals surface area (Å²) in [6.45, 7) is 0.234. The van der Waals surface area contributed by atoms with E-state index in [9.17, 15) is 14.4 Å². The van der Waals surface area contributed by atoms with Gasteiger partial charge in [-0.2, -0.15) is 5.01 Å². The van der Waals surface area contributed by atoms with Crippen molar-refractivity contribution in [2.75, 3.05) is 29.3 Å². The quantitative estimate of drug-likeness (QED) is 0.450. The van der Waals surface area contributed by atoms with Gasteiger partial charge in [0.1, 0.15) is 5.57 Å². The monoisotopic (exact) mass is 454 g/mol. The molecule has 1 N–H and O–H groups in total. The topological polar surface area (TPSA) is 91.3 Å². The molecule has 3 aromatic carbocycles.